The summed E-state index contributed by atoms with van der Waals surface area (Å²) >= 11 is 0. The van der Waals surface area contributed by atoms with E-state index in [2.05, 4.69) is 4.98 Å². The lowest BCUT2D eigenvalue weighted by Gasteiger charge is -2.21. The number of aliphatic hydroxyl groups excluding tert-OH is 1. The highest BCUT2D eigenvalue weighted by Crippen LogP contribution is 2.15. The van der Waals surface area contributed by atoms with Crippen LogP contribution in [0.2, 0.25) is 0 Å². The van der Waals surface area contributed by atoms with Crippen LogP contribution in [0.1, 0.15) is 19.7 Å². The summed E-state index contributed by atoms with van der Waals surface area (Å²) in [4.78, 5) is 4.04. The lowest BCUT2D eigenvalue weighted by molar-refractivity contribution is 0.213. The fourth-order valence-electron chi connectivity index (χ4n) is 1.42. The Morgan fingerprint density at radius 2 is 2.18 bits per heavy atom. The maximum atomic E-state index is 12.2. The molecular formula is C10H19N3O3S. The number of nitrogens with zero attached hydrogens (tertiary/aromatic N) is 3. The van der Waals surface area contributed by atoms with Crippen LogP contribution in [0, 0.1) is 6.92 Å². The maximum Gasteiger partial charge on any atom is 0.262 e. The quantitative estimate of drug-likeness (QED) is 0.822. The molecule has 1 heterocycles. The molecule has 7 heteroatoms. The smallest absolute Gasteiger partial charge is 0.262 e. The van der Waals surface area contributed by atoms with Crippen LogP contribution in [0.25, 0.3) is 0 Å². The van der Waals surface area contributed by atoms with Gasteiger partial charge in [0.2, 0.25) is 0 Å². The van der Waals surface area contributed by atoms with Crippen molar-refractivity contribution in [3.8, 4) is 0 Å². The molecule has 0 bridgehead atoms. The SMILES string of the molecule is CCn1cc(S(=O)(=O)N(C)C(C)CO)nc1C. The Kier molecular flexibility index (Phi) is 4.29. The molecule has 1 aromatic heterocycles. The van der Waals surface area contributed by atoms with E-state index in [9.17, 15) is 8.42 Å². The first-order valence-electron chi connectivity index (χ1n) is 5.47. The van der Waals surface area contributed by atoms with E-state index in [4.69, 9.17) is 5.11 Å². The van der Waals surface area contributed by atoms with E-state index in [-0.39, 0.29) is 11.6 Å². The van der Waals surface area contributed by atoms with Crippen molar-refractivity contribution in [2.45, 2.75) is 38.4 Å². The van der Waals surface area contributed by atoms with E-state index in [1.54, 1.807) is 18.4 Å². The number of sulfonamides is 1. The molecule has 0 radical (unpaired) electrons. The zero-order chi connectivity index (χ0) is 13.2. The summed E-state index contributed by atoms with van der Waals surface area (Å²) in [7, 11) is -2.18. The standard InChI is InChI=1S/C10H19N3O3S/c1-5-13-6-10(11-9(13)3)17(15,16)12(4)8(2)7-14/h6,8,14H,5,7H2,1-4H3. The summed E-state index contributed by atoms with van der Waals surface area (Å²) in [5, 5.41) is 9.02. The predicted octanol–water partition coefficient (Wildman–Crippen LogP) is 0.213. The second-order valence-electron chi connectivity index (χ2n) is 3.97. The van der Waals surface area contributed by atoms with Gasteiger partial charge >= 0.3 is 0 Å². The number of hydrogen-bond acceptors (Lipinski definition) is 4. The fourth-order valence-corrected chi connectivity index (χ4v) is 2.77. The molecular weight excluding hydrogens is 242 g/mol. The van der Waals surface area contributed by atoms with Gasteiger partial charge in [0, 0.05) is 25.8 Å². The van der Waals surface area contributed by atoms with Crippen LogP contribution in [0.5, 0.6) is 0 Å². The first-order valence-corrected chi connectivity index (χ1v) is 6.91. The van der Waals surface area contributed by atoms with Crippen molar-refractivity contribution in [3.63, 3.8) is 0 Å². The van der Waals surface area contributed by atoms with Gasteiger partial charge < -0.3 is 9.67 Å². The number of hydrogen-bond donors (Lipinski definition) is 1. The summed E-state index contributed by atoms with van der Waals surface area (Å²) in [5.41, 5.74) is 0. The molecule has 0 amide bonds. The topological polar surface area (TPSA) is 75.4 Å². The second kappa shape index (κ2) is 5.16. The molecule has 6 nitrogen and oxygen atoms in total. The van der Waals surface area contributed by atoms with Crippen molar-refractivity contribution in [2.24, 2.45) is 0 Å². The Bertz CT molecular complexity index is 481. The molecule has 0 spiro atoms. The van der Waals surface area contributed by atoms with E-state index < -0.39 is 16.1 Å². The van der Waals surface area contributed by atoms with E-state index in [1.807, 2.05) is 6.92 Å². The lowest BCUT2D eigenvalue weighted by Crippen LogP contribution is -2.37. The number of aliphatic hydroxyl groups is 1. The third-order valence-corrected chi connectivity index (χ3v) is 4.67. The van der Waals surface area contributed by atoms with Crippen molar-refractivity contribution in [1.82, 2.24) is 13.9 Å². The summed E-state index contributed by atoms with van der Waals surface area (Å²) in [5.74, 6) is 0.663. The van der Waals surface area contributed by atoms with Gasteiger partial charge in [0.25, 0.3) is 10.0 Å². The van der Waals surface area contributed by atoms with Gasteiger partial charge in [-0.05, 0) is 20.8 Å². The lowest BCUT2D eigenvalue weighted by atomic mass is 10.4. The minimum absolute atomic E-state index is 0.0275. The molecule has 0 aliphatic carbocycles. The van der Waals surface area contributed by atoms with Gasteiger partial charge in [-0.25, -0.2) is 13.4 Å². The van der Waals surface area contributed by atoms with E-state index >= 15 is 0 Å². The molecule has 1 atom stereocenters. The number of aryl methyl sites for hydroxylation is 2. The van der Waals surface area contributed by atoms with Crippen LogP contribution >= 0.6 is 0 Å². The first kappa shape index (κ1) is 14.1. The van der Waals surface area contributed by atoms with Crippen molar-refractivity contribution in [3.05, 3.63) is 12.0 Å². The fraction of sp³-hybridized carbons (Fsp3) is 0.700. The number of imidazole rings is 1. The van der Waals surface area contributed by atoms with Crippen LogP contribution in [-0.2, 0) is 16.6 Å². The van der Waals surface area contributed by atoms with Crippen molar-refractivity contribution >= 4 is 10.0 Å². The summed E-state index contributed by atoms with van der Waals surface area (Å²) in [6.07, 6.45) is 1.52. The molecule has 1 rings (SSSR count). The van der Waals surface area contributed by atoms with Crippen LogP contribution in [0.3, 0.4) is 0 Å². The molecule has 0 saturated heterocycles. The Morgan fingerprint density at radius 3 is 2.59 bits per heavy atom. The number of rotatable bonds is 5. The number of likely N-dealkylation sites (N-methyl/N-ethyl adjacent to an activating group) is 1. The Balaban J connectivity index is 3.13. The molecule has 98 valence electrons. The molecule has 0 fully saturated rings. The zero-order valence-electron chi connectivity index (χ0n) is 10.6. The number of aromatic nitrogens is 2. The highest BCUT2D eigenvalue weighted by atomic mass is 32.2. The Hall–Kier alpha value is -0.920. The highest BCUT2D eigenvalue weighted by Gasteiger charge is 2.27. The summed E-state index contributed by atoms with van der Waals surface area (Å²) in [6, 6.07) is -0.466. The van der Waals surface area contributed by atoms with Crippen LogP contribution in [0.4, 0.5) is 0 Å². The van der Waals surface area contributed by atoms with E-state index in [1.165, 1.54) is 13.2 Å². The predicted molar refractivity (Wildman–Crippen MR) is 64.1 cm³/mol. The van der Waals surface area contributed by atoms with Crippen LogP contribution in [-0.4, -0.2) is 47.1 Å². The van der Waals surface area contributed by atoms with Crippen LogP contribution in [0.15, 0.2) is 11.2 Å². The normalized spacial score (nSPS) is 14.2. The Labute approximate surface area is 102 Å². The van der Waals surface area contributed by atoms with Gasteiger partial charge in [-0.2, -0.15) is 4.31 Å². The van der Waals surface area contributed by atoms with E-state index in [0.717, 1.165) is 4.31 Å². The van der Waals surface area contributed by atoms with Gasteiger partial charge in [-0.3, -0.25) is 0 Å². The average molecular weight is 261 g/mol. The highest BCUT2D eigenvalue weighted by molar-refractivity contribution is 7.89. The summed E-state index contributed by atoms with van der Waals surface area (Å²) < 4.78 is 27.2. The second-order valence-corrected chi connectivity index (χ2v) is 5.91. The molecule has 1 aromatic rings. The average Bonchev–Trinajstić information content (AvgIpc) is 2.69. The third kappa shape index (κ3) is 2.67. The van der Waals surface area contributed by atoms with Crippen molar-refractivity contribution < 1.29 is 13.5 Å². The Morgan fingerprint density at radius 1 is 1.59 bits per heavy atom. The van der Waals surface area contributed by atoms with Gasteiger partial charge in [0.15, 0.2) is 5.03 Å². The first-order chi connectivity index (χ1) is 7.84. The van der Waals surface area contributed by atoms with Gasteiger partial charge in [-0.15, -0.1) is 0 Å². The van der Waals surface area contributed by atoms with Crippen molar-refractivity contribution in [1.29, 1.82) is 0 Å². The van der Waals surface area contributed by atoms with Crippen LogP contribution < -0.4 is 0 Å². The van der Waals surface area contributed by atoms with Crippen molar-refractivity contribution in [2.75, 3.05) is 13.7 Å². The maximum absolute atomic E-state index is 12.2. The zero-order valence-corrected chi connectivity index (χ0v) is 11.4. The molecule has 0 aliphatic heterocycles. The van der Waals surface area contributed by atoms with Gasteiger partial charge in [0.1, 0.15) is 5.82 Å². The molecule has 1 unspecified atom stereocenters. The van der Waals surface area contributed by atoms with Gasteiger partial charge in [-0.1, -0.05) is 0 Å². The molecule has 0 aliphatic rings. The molecule has 0 saturated carbocycles. The summed E-state index contributed by atoms with van der Waals surface area (Å²) in [6.45, 7) is 5.78. The molecule has 1 N–H and O–H groups in total. The molecule has 0 aromatic carbocycles. The van der Waals surface area contributed by atoms with E-state index in [0.29, 0.717) is 12.4 Å². The minimum atomic E-state index is -3.62. The van der Waals surface area contributed by atoms with Gasteiger partial charge in [0.05, 0.1) is 6.61 Å². The monoisotopic (exact) mass is 261 g/mol. The largest absolute Gasteiger partial charge is 0.395 e. The molecule has 17 heavy (non-hydrogen) atoms. The minimum Gasteiger partial charge on any atom is -0.395 e. The third-order valence-electron chi connectivity index (χ3n) is 2.82.